The van der Waals surface area contributed by atoms with Gasteiger partial charge in [-0.2, -0.15) is 5.10 Å². The summed E-state index contributed by atoms with van der Waals surface area (Å²) in [6.45, 7) is 7.48. The summed E-state index contributed by atoms with van der Waals surface area (Å²) in [5.74, 6) is 0. The molecule has 1 heterocycles. The van der Waals surface area contributed by atoms with Crippen LogP contribution in [0.2, 0.25) is 5.02 Å². The standard InChI is InChI=1S/C11H18ClN3O2/c1-4-15-11(16)10(12)9(7-14-15)13-6-8(3)17-5-2/h7-8,13H,4-6H2,1-3H3. The molecule has 1 unspecified atom stereocenters. The number of aromatic nitrogens is 2. The van der Waals surface area contributed by atoms with Crippen LogP contribution in [0.5, 0.6) is 0 Å². The van der Waals surface area contributed by atoms with Gasteiger partial charge < -0.3 is 10.1 Å². The number of nitrogens with one attached hydrogen (secondary N) is 1. The van der Waals surface area contributed by atoms with E-state index in [2.05, 4.69) is 10.4 Å². The lowest BCUT2D eigenvalue weighted by molar-refractivity contribution is 0.0855. The quantitative estimate of drug-likeness (QED) is 0.846. The summed E-state index contributed by atoms with van der Waals surface area (Å²) in [6, 6.07) is 0. The predicted octanol–water partition coefficient (Wildman–Crippen LogP) is 1.75. The molecule has 17 heavy (non-hydrogen) atoms. The fourth-order valence-corrected chi connectivity index (χ4v) is 1.62. The van der Waals surface area contributed by atoms with E-state index in [1.165, 1.54) is 4.68 Å². The largest absolute Gasteiger partial charge is 0.380 e. The lowest BCUT2D eigenvalue weighted by atomic mass is 10.3. The highest BCUT2D eigenvalue weighted by Crippen LogP contribution is 2.15. The van der Waals surface area contributed by atoms with Crippen molar-refractivity contribution in [1.82, 2.24) is 9.78 Å². The summed E-state index contributed by atoms with van der Waals surface area (Å²) in [7, 11) is 0. The minimum absolute atomic E-state index is 0.0599. The van der Waals surface area contributed by atoms with Crippen LogP contribution in [0.25, 0.3) is 0 Å². The first-order chi connectivity index (χ1) is 8.10. The van der Waals surface area contributed by atoms with Gasteiger partial charge in [-0.1, -0.05) is 11.6 Å². The van der Waals surface area contributed by atoms with Crippen LogP contribution in [0.4, 0.5) is 5.69 Å². The number of ether oxygens (including phenoxy) is 1. The molecule has 1 atom stereocenters. The van der Waals surface area contributed by atoms with E-state index in [0.29, 0.717) is 25.4 Å². The zero-order valence-electron chi connectivity index (χ0n) is 10.4. The fourth-order valence-electron chi connectivity index (χ4n) is 1.41. The van der Waals surface area contributed by atoms with Crippen LogP contribution in [0, 0.1) is 0 Å². The van der Waals surface area contributed by atoms with E-state index in [1.807, 2.05) is 20.8 Å². The molecule has 0 amide bonds. The van der Waals surface area contributed by atoms with Crippen molar-refractivity contribution < 1.29 is 4.74 Å². The number of hydrogen-bond donors (Lipinski definition) is 1. The van der Waals surface area contributed by atoms with E-state index in [-0.39, 0.29) is 16.7 Å². The van der Waals surface area contributed by atoms with Crippen LogP contribution in [-0.4, -0.2) is 29.0 Å². The topological polar surface area (TPSA) is 56.1 Å². The second-order valence-corrected chi connectivity index (χ2v) is 4.02. The second-order valence-electron chi connectivity index (χ2n) is 3.64. The van der Waals surface area contributed by atoms with Crippen LogP contribution < -0.4 is 10.9 Å². The first-order valence-electron chi connectivity index (χ1n) is 5.71. The molecule has 0 fully saturated rings. The molecule has 0 bridgehead atoms. The highest BCUT2D eigenvalue weighted by molar-refractivity contribution is 6.32. The Kier molecular flexibility index (Phi) is 5.44. The Balaban J connectivity index is 2.73. The van der Waals surface area contributed by atoms with Crippen molar-refractivity contribution in [3.8, 4) is 0 Å². The first kappa shape index (κ1) is 14.0. The van der Waals surface area contributed by atoms with Gasteiger partial charge in [0.15, 0.2) is 0 Å². The molecule has 0 saturated heterocycles. The van der Waals surface area contributed by atoms with Crippen LogP contribution in [-0.2, 0) is 11.3 Å². The van der Waals surface area contributed by atoms with Crippen molar-refractivity contribution in [3.63, 3.8) is 0 Å². The third-order valence-corrected chi connectivity index (χ3v) is 2.68. The van der Waals surface area contributed by atoms with Crippen molar-refractivity contribution in [2.45, 2.75) is 33.4 Å². The van der Waals surface area contributed by atoms with Crippen molar-refractivity contribution in [2.75, 3.05) is 18.5 Å². The van der Waals surface area contributed by atoms with E-state index in [0.717, 1.165) is 0 Å². The maximum absolute atomic E-state index is 11.7. The summed E-state index contributed by atoms with van der Waals surface area (Å²) >= 11 is 5.96. The lowest BCUT2D eigenvalue weighted by Gasteiger charge is -2.14. The molecule has 96 valence electrons. The Morgan fingerprint density at radius 1 is 1.59 bits per heavy atom. The van der Waals surface area contributed by atoms with E-state index in [1.54, 1.807) is 6.20 Å². The Morgan fingerprint density at radius 2 is 2.29 bits per heavy atom. The lowest BCUT2D eigenvalue weighted by Crippen LogP contribution is -2.25. The van der Waals surface area contributed by atoms with Crippen LogP contribution in [0.3, 0.4) is 0 Å². The van der Waals surface area contributed by atoms with Crippen molar-refractivity contribution in [2.24, 2.45) is 0 Å². The number of nitrogens with zero attached hydrogens (tertiary/aromatic N) is 2. The predicted molar refractivity (Wildman–Crippen MR) is 68.8 cm³/mol. The Morgan fingerprint density at radius 3 is 2.88 bits per heavy atom. The van der Waals surface area contributed by atoms with Gasteiger partial charge in [0.2, 0.25) is 0 Å². The molecule has 0 aromatic carbocycles. The van der Waals surface area contributed by atoms with Crippen molar-refractivity contribution in [3.05, 3.63) is 21.6 Å². The molecular weight excluding hydrogens is 242 g/mol. The number of anilines is 1. The molecule has 0 aliphatic rings. The molecule has 0 aliphatic carbocycles. The van der Waals surface area contributed by atoms with Crippen molar-refractivity contribution in [1.29, 1.82) is 0 Å². The molecule has 6 heteroatoms. The summed E-state index contributed by atoms with van der Waals surface area (Å²) in [4.78, 5) is 11.7. The zero-order valence-corrected chi connectivity index (χ0v) is 11.1. The minimum Gasteiger partial charge on any atom is -0.380 e. The second kappa shape index (κ2) is 6.61. The van der Waals surface area contributed by atoms with Crippen LogP contribution in [0.1, 0.15) is 20.8 Å². The number of aryl methyl sites for hydroxylation is 1. The third-order valence-electron chi connectivity index (χ3n) is 2.32. The smallest absolute Gasteiger partial charge is 0.287 e. The summed E-state index contributed by atoms with van der Waals surface area (Å²) in [6.07, 6.45) is 1.62. The summed E-state index contributed by atoms with van der Waals surface area (Å²) < 4.78 is 6.69. The SMILES string of the molecule is CCOC(C)CNc1cnn(CC)c(=O)c1Cl. The normalized spacial score (nSPS) is 12.5. The van der Waals surface area contributed by atoms with Crippen molar-refractivity contribution >= 4 is 17.3 Å². The molecule has 1 N–H and O–H groups in total. The molecular formula is C11H18ClN3O2. The highest BCUT2D eigenvalue weighted by atomic mass is 35.5. The third kappa shape index (κ3) is 3.71. The van der Waals surface area contributed by atoms with E-state index in [4.69, 9.17) is 16.3 Å². The van der Waals surface area contributed by atoms with Gasteiger partial charge in [-0.25, -0.2) is 4.68 Å². The molecule has 1 aromatic heterocycles. The summed E-state index contributed by atoms with van der Waals surface area (Å²) in [5, 5.41) is 7.23. The molecule has 0 spiro atoms. The number of rotatable bonds is 6. The molecule has 1 aromatic rings. The monoisotopic (exact) mass is 259 g/mol. The van der Waals surface area contributed by atoms with Gasteiger partial charge in [-0.3, -0.25) is 4.79 Å². The molecule has 0 saturated carbocycles. The maximum atomic E-state index is 11.7. The number of halogens is 1. The molecule has 0 aliphatic heterocycles. The Labute approximate surface area is 106 Å². The molecule has 0 radical (unpaired) electrons. The average molecular weight is 260 g/mol. The van der Waals surface area contributed by atoms with Crippen LogP contribution >= 0.6 is 11.6 Å². The Bertz CT molecular complexity index is 420. The molecule has 1 rings (SSSR count). The molecule has 5 nitrogen and oxygen atoms in total. The number of hydrogen-bond acceptors (Lipinski definition) is 4. The van der Waals surface area contributed by atoms with Gasteiger partial charge in [0.25, 0.3) is 5.56 Å². The van der Waals surface area contributed by atoms with Gasteiger partial charge in [-0.05, 0) is 20.8 Å². The van der Waals surface area contributed by atoms with E-state index < -0.39 is 0 Å². The maximum Gasteiger partial charge on any atom is 0.287 e. The van der Waals surface area contributed by atoms with Crippen LogP contribution in [0.15, 0.2) is 11.0 Å². The average Bonchev–Trinajstić information content (AvgIpc) is 2.31. The summed E-state index contributed by atoms with van der Waals surface area (Å²) in [5.41, 5.74) is 0.274. The van der Waals surface area contributed by atoms with Gasteiger partial charge >= 0.3 is 0 Å². The van der Waals surface area contributed by atoms with Gasteiger partial charge in [0, 0.05) is 19.7 Å². The van der Waals surface area contributed by atoms with Gasteiger partial charge in [0.05, 0.1) is 18.0 Å². The first-order valence-corrected chi connectivity index (χ1v) is 6.09. The van der Waals surface area contributed by atoms with Gasteiger partial charge in [-0.15, -0.1) is 0 Å². The highest BCUT2D eigenvalue weighted by Gasteiger charge is 2.09. The minimum atomic E-state index is -0.275. The fraction of sp³-hybridized carbons (Fsp3) is 0.636. The van der Waals surface area contributed by atoms with E-state index >= 15 is 0 Å². The Hall–Kier alpha value is -1.07. The zero-order chi connectivity index (χ0) is 12.8. The van der Waals surface area contributed by atoms with Gasteiger partial charge in [0.1, 0.15) is 5.02 Å². The van der Waals surface area contributed by atoms with E-state index in [9.17, 15) is 4.79 Å².